The molecule has 1 saturated heterocycles. The SMILES string of the molecule is CC(C)CC1NC2(CCCC2)C(=O)N1C1CC1. The van der Waals surface area contributed by atoms with Crippen LogP contribution < -0.4 is 5.32 Å². The number of nitrogens with zero attached hydrogens (tertiary/aromatic N) is 1. The lowest BCUT2D eigenvalue weighted by atomic mass is 9.98. The van der Waals surface area contributed by atoms with Gasteiger partial charge in [-0.1, -0.05) is 26.7 Å². The molecule has 1 heterocycles. The second kappa shape index (κ2) is 3.98. The van der Waals surface area contributed by atoms with E-state index < -0.39 is 0 Å². The molecule has 17 heavy (non-hydrogen) atoms. The first-order valence-corrected chi connectivity index (χ1v) is 7.23. The number of hydrogen-bond donors (Lipinski definition) is 1. The fourth-order valence-electron chi connectivity index (χ4n) is 3.57. The molecule has 2 aliphatic carbocycles. The van der Waals surface area contributed by atoms with Crippen LogP contribution >= 0.6 is 0 Å². The Balaban J connectivity index is 1.81. The molecule has 0 bridgehead atoms. The van der Waals surface area contributed by atoms with Gasteiger partial charge in [0.15, 0.2) is 0 Å². The Bertz CT molecular complexity index is 316. The molecule has 3 fully saturated rings. The quantitative estimate of drug-likeness (QED) is 0.815. The highest BCUT2D eigenvalue weighted by molar-refractivity contribution is 5.89. The van der Waals surface area contributed by atoms with E-state index in [2.05, 4.69) is 24.1 Å². The molecule has 3 aliphatic rings. The summed E-state index contributed by atoms with van der Waals surface area (Å²) in [5.74, 6) is 1.07. The fraction of sp³-hybridized carbons (Fsp3) is 0.929. The van der Waals surface area contributed by atoms with Gasteiger partial charge in [-0.05, 0) is 38.0 Å². The van der Waals surface area contributed by atoms with Crippen LogP contribution in [0.25, 0.3) is 0 Å². The first-order valence-electron chi connectivity index (χ1n) is 7.23. The summed E-state index contributed by atoms with van der Waals surface area (Å²) in [5, 5.41) is 3.70. The summed E-state index contributed by atoms with van der Waals surface area (Å²) in [7, 11) is 0. The second-order valence-corrected chi connectivity index (χ2v) is 6.52. The van der Waals surface area contributed by atoms with Crippen molar-refractivity contribution >= 4 is 5.91 Å². The standard InChI is InChI=1S/C14H24N2O/c1-10(2)9-12-15-14(7-3-4-8-14)13(17)16(12)11-5-6-11/h10-12,15H,3-9H2,1-2H3. The van der Waals surface area contributed by atoms with Gasteiger partial charge in [0.2, 0.25) is 5.91 Å². The van der Waals surface area contributed by atoms with Crippen LogP contribution in [0.1, 0.15) is 58.8 Å². The minimum atomic E-state index is -0.165. The lowest BCUT2D eigenvalue weighted by Crippen LogP contribution is -2.44. The zero-order valence-electron chi connectivity index (χ0n) is 11.0. The summed E-state index contributed by atoms with van der Waals surface area (Å²) >= 11 is 0. The fourth-order valence-corrected chi connectivity index (χ4v) is 3.57. The van der Waals surface area contributed by atoms with E-state index >= 15 is 0 Å². The first kappa shape index (κ1) is 11.5. The molecule has 1 aliphatic heterocycles. The van der Waals surface area contributed by atoms with Crippen molar-refractivity contribution in [1.29, 1.82) is 0 Å². The van der Waals surface area contributed by atoms with Crippen LogP contribution in [-0.4, -0.2) is 28.6 Å². The number of carbonyl (C=O) groups is 1. The number of amides is 1. The number of nitrogens with one attached hydrogen (secondary N) is 1. The van der Waals surface area contributed by atoms with Crippen molar-refractivity contribution in [3.05, 3.63) is 0 Å². The summed E-state index contributed by atoms with van der Waals surface area (Å²) in [6.07, 6.45) is 8.40. The van der Waals surface area contributed by atoms with E-state index in [9.17, 15) is 4.79 Å². The summed E-state index contributed by atoms with van der Waals surface area (Å²) < 4.78 is 0. The van der Waals surface area contributed by atoms with Crippen LogP contribution in [0.5, 0.6) is 0 Å². The van der Waals surface area contributed by atoms with Crippen molar-refractivity contribution in [2.45, 2.75) is 76.5 Å². The summed E-state index contributed by atoms with van der Waals surface area (Å²) in [5.41, 5.74) is -0.165. The number of rotatable bonds is 3. The first-order chi connectivity index (χ1) is 8.12. The molecule has 0 radical (unpaired) electrons. The maximum atomic E-state index is 12.7. The van der Waals surface area contributed by atoms with Gasteiger partial charge >= 0.3 is 0 Å². The molecule has 3 heteroatoms. The average molecular weight is 236 g/mol. The van der Waals surface area contributed by atoms with Crippen LogP contribution in [-0.2, 0) is 4.79 Å². The topological polar surface area (TPSA) is 32.3 Å². The summed E-state index contributed by atoms with van der Waals surface area (Å²) in [6.45, 7) is 4.49. The van der Waals surface area contributed by atoms with Crippen LogP contribution in [0.2, 0.25) is 0 Å². The predicted molar refractivity (Wildman–Crippen MR) is 67.4 cm³/mol. The van der Waals surface area contributed by atoms with Gasteiger partial charge in [-0.15, -0.1) is 0 Å². The Morgan fingerprint density at radius 1 is 1.35 bits per heavy atom. The van der Waals surface area contributed by atoms with Crippen LogP contribution in [0.4, 0.5) is 0 Å². The van der Waals surface area contributed by atoms with Gasteiger partial charge in [-0.3, -0.25) is 10.1 Å². The van der Waals surface area contributed by atoms with E-state index in [1.807, 2.05) is 0 Å². The number of hydrogen-bond acceptors (Lipinski definition) is 2. The molecule has 0 aromatic carbocycles. The van der Waals surface area contributed by atoms with Gasteiger partial charge in [0.1, 0.15) is 0 Å². The minimum absolute atomic E-state index is 0.165. The molecule has 3 rings (SSSR count). The van der Waals surface area contributed by atoms with Crippen molar-refractivity contribution in [1.82, 2.24) is 10.2 Å². The normalized spacial score (nSPS) is 32.1. The molecule has 0 aromatic rings. The summed E-state index contributed by atoms with van der Waals surface area (Å²) in [6, 6.07) is 0.554. The van der Waals surface area contributed by atoms with Crippen molar-refractivity contribution in [3.8, 4) is 0 Å². The maximum Gasteiger partial charge on any atom is 0.244 e. The van der Waals surface area contributed by atoms with E-state index in [0.29, 0.717) is 24.0 Å². The Labute approximate surface area is 104 Å². The molecule has 1 spiro atoms. The third-order valence-electron chi connectivity index (χ3n) is 4.51. The Kier molecular flexibility index (Phi) is 2.69. The van der Waals surface area contributed by atoms with E-state index in [-0.39, 0.29) is 5.54 Å². The highest BCUT2D eigenvalue weighted by atomic mass is 16.2. The zero-order valence-corrected chi connectivity index (χ0v) is 11.0. The van der Waals surface area contributed by atoms with Crippen molar-refractivity contribution in [2.75, 3.05) is 0 Å². The molecule has 0 aromatic heterocycles. The van der Waals surface area contributed by atoms with Gasteiger partial charge in [0, 0.05) is 6.04 Å². The zero-order chi connectivity index (χ0) is 12.0. The van der Waals surface area contributed by atoms with Crippen LogP contribution in [0.3, 0.4) is 0 Å². The molecule has 1 unspecified atom stereocenters. The molecule has 1 N–H and O–H groups in total. The highest BCUT2D eigenvalue weighted by Crippen LogP contribution is 2.42. The van der Waals surface area contributed by atoms with Crippen molar-refractivity contribution < 1.29 is 4.79 Å². The molecular weight excluding hydrogens is 212 g/mol. The van der Waals surface area contributed by atoms with Crippen molar-refractivity contribution in [2.24, 2.45) is 5.92 Å². The van der Waals surface area contributed by atoms with Gasteiger partial charge in [0.25, 0.3) is 0 Å². The molecule has 1 atom stereocenters. The van der Waals surface area contributed by atoms with Gasteiger partial charge in [-0.25, -0.2) is 0 Å². The number of carbonyl (C=O) groups excluding carboxylic acids is 1. The lowest BCUT2D eigenvalue weighted by molar-refractivity contribution is -0.133. The summed E-state index contributed by atoms with van der Waals surface area (Å²) in [4.78, 5) is 14.9. The maximum absolute atomic E-state index is 12.7. The smallest absolute Gasteiger partial charge is 0.244 e. The average Bonchev–Trinajstić information content (AvgIpc) is 2.91. The highest BCUT2D eigenvalue weighted by Gasteiger charge is 2.55. The molecular formula is C14H24N2O. The Morgan fingerprint density at radius 2 is 2.00 bits per heavy atom. The largest absolute Gasteiger partial charge is 0.323 e. The van der Waals surface area contributed by atoms with Crippen molar-refractivity contribution in [3.63, 3.8) is 0 Å². The minimum Gasteiger partial charge on any atom is -0.323 e. The van der Waals surface area contributed by atoms with E-state index in [1.54, 1.807) is 0 Å². The second-order valence-electron chi connectivity index (χ2n) is 6.52. The van der Waals surface area contributed by atoms with E-state index in [1.165, 1.54) is 25.7 Å². The van der Waals surface area contributed by atoms with E-state index in [4.69, 9.17) is 0 Å². The predicted octanol–water partition coefficient (Wildman–Crippen LogP) is 2.27. The Hall–Kier alpha value is -0.570. The van der Waals surface area contributed by atoms with Crippen LogP contribution in [0.15, 0.2) is 0 Å². The Morgan fingerprint density at radius 3 is 2.53 bits per heavy atom. The lowest BCUT2D eigenvalue weighted by Gasteiger charge is -2.25. The molecule has 1 amide bonds. The molecule has 96 valence electrons. The molecule has 3 nitrogen and oxygen atoms in total. The third kappa shape index (κ3) is 1.88. The van der Waals surface area contributed by atoms with E-state index in [0.717, 1.165) is 19.3 Å². The van der Waals surface area contributed by atoms with Crippen LogP contribution in [0, 0.1) is 5.92 Å². The van der Waals surface area contributed by atoms with Gasteiger partial charge < -0.3 is 4.90 Å². The van der Waals surface area contributed by atoms with Gasteiger partial charge in [-0.2, -0.15) is 0 Å². The molecule has 2 saturated carbocycles. The van der Waals surface area contributed by atoms with Gasteiger partial charge in [0.05, 0.1) is 11.7 Å². The third-order valence-corrected chi connectivity index (χ3v) is 4.51. The monoisotopic (exact) mass is 236 g/mol.